The van der Waals surface area contributed by atoms with Crippen molar-refractivity contribution >= 4 is 16.9 Å². The molecule has 0 N–H and O–H groups in total. The van der Waals surface area contributed by atoms with Crippen LogP contribution in [0.2, 0.25) is 0 Å². The van der Waals surface area contributed by atoms with E-state index in [-0.39, 0.29) is 12.4 Å². The van der Waals surface area contributed by atoms with Crippen LogP contribution in [0.1, 0.15) is 6.42 Å². The summed E-state index contributed by atoms with van der Waals surface area (Å²) in [7, 11) is 4.02. The zero-order valence-corrected chi connectivity index (χ0v) is 7.78. The predicted molar refractivity (Wildman–Crippen MR) is 39.2 cm³/mol. The zero-order valence-electron chi connectivity index (χ0n) is 6.27. The quantitative estimate of drug-likeness (QED) is 0.299. The highest BCUT2D eigenvalue weighted by Crippen LogP contribution is 2.00. The molecule has 0 spiro atoms. The lowest BCUT2D eigenvalue weighted by molar-refractivity contribution is -0.505. The van der Waals surface area contributed by atoms with Crippen molar-refractivity contribution in [3.05, 3.63) is 0 Å². The van der Waals surface area contributed by atoms with Crippen LogP contribution in [0.4, 0.5) is 0 Å². The van der Waals surface area contributed by atoms with Crippen LogP contribution in [0, 0.1) is 0 Å². The van der Waals surface area contributed by atoms with Gasteiger partial charge in [-0.2, -0.15) is 0 Å². The molecule has 0 aliphatic carbocycles. The number of nitrogens with zero attached hydrogens (tertiary/aromatic N) is 2. The molecule has 1 rings (SSSR count). The summed E-state index contributed by atoms with van der Waals surface area (Å²) in [6.45, 7) is 2.17. The monoisotopic (exact) mass is 182 g/mol. The highest BCUT2D eigenvalue weighted by molar-refractivity contribution is 6.63. The molecule has 0 saturated carbocycles. The fraction of sp³-hybridized carbons (Fsp3) is 0.833. The van der Waals surface area contributed by atoms with E-state index in [1.807, 2.05) is 14.1 Å². The lowest BCUT2D eigenvalue weighted by Crippen LogP contribution is -3.00. The molecular formula is C6H12Cl2N2. The zero-order chi connectivity index (χ0) is 6.85. The average molecular weight is 183 g/mol. The van der Waals surface area contributed by atoms with E-state index < -0.39 is 0 Å². The minimum atomic E-state index is 0. The second-order valence-electron chi connectivity index (χ2n) is 2.47. The van der Waals surface area contributed by atoms with Crippen LogP contribution in [0.15, 0.2) is 0 Å². The van der Waals surface area contributed by atoms with Gasteiger partial charge in [-0.3, -0.25) is 9.48 Å². The van der Waals surface area contributed by atoms with Gasteiger partial charge < -0.3 is 12.4 Å². The summed E-state index contributed by atoms with van der Waals surface area (Å²) >= 11 is 5.89. The largest absolute Gasteiger partial charge is 1.00 e. The third kappa shape index (κ3) is 2.03. The van der Waals surface area contributed by atoms with E-state index in [4.69, 9.17) is 11.6 Å². The summed E-state index contributed by atoms with van der Waals surface area (Å²) in [4.78, 5) is 2.06. The Morgan fingerprint density at radius 3 is 2.60 bits per heavy atom. The Kier molecular flexibility index (Phi) is 4.06. The van der Waals surface area contributed by atoms with E-state index in [1.54, 1.807) is 0 Å². The standard InChI is InChI=1S/C6H12ClN2.ClH/c1-8-4-3-5-9(2)6(8)7;/h3-5H2,1-2H3;1H/q+1;/p-1. The van der Waals surface area contributed by atoms with Gasteiger partial charge in [-0.1, -0.05) is 0 Å². The summed E-state index contributed by atoms with van der Waals surface area (Å²) < 4.78 is 2.06. The van der Waals surface area contributed by atoms with E-state index in [2.05, 4.69) is 9.48 Å². The van der Waals surface area contributed by atoms with Gasteiger partial charge in [0.1, 0.15) is 0 Å². The Bertz CT molecular complexity index is 145. The number of amidine groups is 1. The van der Waals surface area contributed by atoms with Crippen LogP contribution in [-0.4, -0.2) is 42.0 Å². The third-order valence-electron chi connectivity index (χ3n) is 1.62. The maximum absolute atomic E-state index is 5.89. The lowest BCUT2D eigenvalue weighted by atomic mass is 10.3. The van der Waals surface area contributed by atoms with Crippen molar-refractivity contribution in [2.24, 2.45) is 0 Å². The first-order valence-corrected chi connectivity index (χ1v) is 3.54. The first-order valence-electron chi connectivity index (χ1n) is 3.16. The molecule has 0 saturated heterocycles. The van der Waals surface area contributed by atoms with E-state index in [0.717, 1.165) is 18.4 Å². The highest BCUT2D eigenvalue weighted by Gasteiger charge is 2.18. The molecule has 2 nitrogen and oxygen atoms in total. The SMILES string of the molecule is CN1CCC[N+](C)=C1Cl.[Cl-]. The van der Waals surface area contributed by atoms with Crippen molar-refractivity contribution in [3.63, 3.8) is 0 Å². The van der Waals surface area contributed by atoms with Gasteiger partial charge in [0.2, 0.25) is 0 Å². The minimum Gasteiger partial charge on any atom is -1.00 e. The fourth-order valence-electron chi connectivity index (χ4n) is 1.02. The summed E-state index contributed by atoms with van der Waals surface area (Å²) in [6.07, 6.45) is 1.21. The van der Waals surface area contributed by atoms with E-state index in [0.29, 0.717) is 0 Å². The van der Waals surface area contributed by atoms with Crippen molar-refractivity contribution in [3.8, 4) is 0 Å². The van der Waals surface area contributed by atoms with Crippen LogP contribution < -0.4 is 12.4 Å². The number of hydrogen-bond donors (Lipinski definition) is 0. The van der Waals surface area contributed by atoms with Crippen molar-refractivity contribution in [2.45, 2.75) is 6.42 Å². The third-order valence-corrected chi connectivity index (χ3v) is 2.19. The van der Waals surface area contributed by atoms with Crippen molar-refractivity contribution in [2.75, 3.05) is 27.2 Å². The Labute approximate surface area is 72.9 Å². The molecule has 0 amide bonds. The molecular weight excluding hydrogens is 171 g/mol. The van der Waals surface area contributed by atoms with Crippen LogP contribution >= 0.6 is 11.6 Å². The van der Waals surface area contributed by atoms with Crippen LogP contribution in [0.5, 0.6) is 0 Å². The maximum Gasteiger partial charge on any atom is 0.344 e. The number of rotatable bonds is 0. The molecule has 1 aliphatic heterocycles. The van der Waals surface area contributed by atoms with Gasteiger partial charge in [-0.15, -0.1) is 0 Å². The van der Waals surface area contributed by atoms with E-state index in [1.165, 1.54) is 6.42 Å². The molecule has 0 fully saturated rings. The van der Waals surface area contributed by atoms with Crippen LogP contribution in [0.3, 0.4) is 0 Å². The Morgan fingerprint density at radius 1 is 1.60 bits per heavy atom. The Morgan fingerprint density at radius 2 is 2.20 bits per heavy atom. The molecule has 0 aromatic carbocycles. The Balaban J connectivity index is 0.000000810. The minimum absolute atomic E-state index is 0. The molecule has 0 unspecified atom stereocenters. The predicted octanol–water partition coefficient (Wildman–Crippen LogP) is -2.44. The fourth-order valence-corrected chi connectivity index (χ4v) is 1.19. The van der Waals surface area contributed by atoms with Crippen LogP contribution in [-0.2, 0) is 0 Å². The maximum atomic E-state index is 5.89. The second kappa shape index (κ2) is 4.04. The number of halogens is 2. The highest BCUT2D eigenvalue weighted by atomic mass is 35.5. The van der Waals surface area contributed by atoms with Crippen LogP contribution in [0.25, 0.3) is 0 Å². The van der Waals surface area contributed by atoms with Gasteiger partial charge in [0.25, 0.3) is 0 Å². The van der Waals surface area contributed by atoms with Gasteiger partial charge in [0.15, 0.2) is 0 Å². The topological polar surface area (TPSA) is 6.25 Å². The molecule has 1 heterocycles. The molecule has 1 aliphatic rings. The molecule has 0 atom stereocenters. The molecule has 0 bridgehead atoms. The Hall–Kier alpha value is 0.0500. The van der Waals surface area contributed by atoms with Gasteiger partial charge in [-0.25, -0.2) is 0 Å². The smallest absolute Gasteiger partial charge is 0.344 e. The summed E-state index contributed by atoms with van der Waals surface area (Å²) in [5.74, 6) is 0. The van der Waals surface area contributed by atoms with Crippen molar-refractivity contribution in [1.29, 1.82) is 0 Å². The van der Waals surface area contributed by atoms with Gasteiger partial charge in [-0.05, 0) is 0 Å². The molecule has 0 radical (unpaired) electrons. The van der Waals surface area contributed by atoms with E-state index in [9.17, 15) is 0 Å². The molecule has 0 aromatic rings. The van der Waals surface area contributed by atoms with Crippen molar-refractivity contribution in [1.82, 2.24) is 4.90 Å². The van der Waals surface area contributed by atoms with Gasteiger partial charge in [0, 0.05) is 18.0 Å². The normalized spacial score (nSPS) is 18.9. The summed E-state index contributed by atoms with van der Waals surface area (Å²) in [5, 5.41) is 0.862. The summed E-state index contributed by atoms with van der Waals surface area (Å²) in [5.41, 5.74) is 0. The lowest BCUT2D eigenvalue weighted by Gasteiger charge is -2.17. The summed E-state index contributed by atoms with van der Waals surface area (Å²) in [6, 6.07) is 0. The average Bonchev–Trinajstić information content (AvgIpc) is 1.83. The van der Waals surface area contributed by atoms with Crippen molar-refractivity contribution < 1.29 is 17.0 Å². The van der Waals surface area contributed by atoms with Gasteiger partial charge in [0.05, 0.1) is 27.2 Å². The molecule has 10 heavy (non-hydrogen) atoms. The second-order valence-corrected chi connectivity index (χ2v) is 2.80. The van der Waals surface area contributed by atoms with Gasteiger partial charge >= 0.3 is 5.29 Å². The molecule has 4 heteroatoms. The number of hydrogen-bond acceptors (Lipinski definition) is 1. The van der Waals surface area contributed by atoms with E-state index >= 15 is 0 Å². The molecule has 60 valence electrons. The first kappa shape index (κ1) is 10.0. The molecule has 0 aromatic heterocycles. The first-order chi connectivity index (χ1) is 4.22.